The highest BCUT2D eigenvalue weighted by atomic mass is 35.5. The summed E-state index contributed by atoms with van der Waals surface area (Å²) in [5.41, 5.74) is -0.235. The van der Waals surface area contributed by atoms with Crippen molar-refractivity contribution < 1.29 is 5.11 Å². The molecule has 0 spiro atoms. The van der Waals surface area contributed by atoms with Gasteiger partial charge >= 0.3 is 0 Å². The fraction of sp³-hybridized carbons (Fsp3) is 1.00. The summed E-state index contributed by atoms with van der Waals surface area (Å²) in [7, 11) is 0. The van der Waals surface area contributed by atoms with Crippen LogP contribution in [-0.2, 0) is 0 Å². The summed E-state index contributed by atoms with van der Waals surface area (Å²) in [6.07, 6.45) is 0.455. The maximum atomic E-state index is 9.15. The van der Waals surface area contributed by atoms with Gasteiger partial charge in [0.2, 0.25) is 0 Å². The molecule has 1 heterocycles. The summed E-state index contributed by atoms with van der Waals surface area (Å²) in [6, 6.07) is 0. The van der Waals surface area contributed by atoms with Crippen molar-refractivity contribution in [2.24, 2.45) is 5.92 Å². The zero-order chi connectivity index (χ0) is 6.85. The van der Waals surface area contributed by atoms with Crippen molar-refractivity contribution in [3.8, 4) is 0 Å². The van der Waals surface area contributed by atoms with Gasteiger partial charge in [-0.05, 0) is 18.9 Å². The fourth-order valence-electron chi connectivity index (χ4n) is 1.06. The summed E-state index contributed by atoms with van der Waals surface area (Å²) in [4.78, 5) is 0. The van der Waals surface area contributed by atoms with Crippen LogP contribution in [0.2, 0.25) is 0 Å². The molecule has 0 aromatic carbocycles. The van der Waals surface area contributed by atoms with Crippen LogP contribution in [0.4, 0.5) is 0 Å². The average Bonchev–Trinajstić information content (AvgIpc) is 1.80. The SMILES string of the molecule is CC1CNC(Cl)C(O)C1. The fourth-order valence-corrected chi connectivity index (χ4v) is 1.26. The molecular formula is C6H12ClNO. The number of nitrogens with one attached hydrogen (secondary N) is 1. The van der Waals surface area contributed by atoms with E-state index in [1.165, 1.54) is 0 Å². The topological polar surface area (TPSA) is 32.3 Å². The van der Waals surface area contributed by atoms with Crippen LogP contribution in [0.3, 0.4) is 0 Å². The molecule has 1 rings (SSSR count). The van der Waals surface area contributed by atoms with Gasteiger partial charge in [-0.2, -0.15) is 0 Å². The molecule has 54 valence electrons. The van der Waals surface area contributed by atoms with Crippen LogP contribution in [0.5, 0.6) is 0 Å². The molecule has 2 nitrogen and oxygen atoms in total. The molecule has 3 heteroatoms. The monoisotopic (exact) mass is 149 g/mol. The van der Waals surface area contributed by atoms with E-state index in [-0.39, 0.29) is 11.6 Å². The molecule has 0 bridgehead atoms. The van der Waals surface area contributed by atoms with E-state index in [0.717, 1.165) is 13.0 Å². The minimum atomic E-state index is -0.365. The molecule has 0 aliphatic carbocycles. The molecule has 0 aromatic rings. The van der Waals surface area contributed by atoms with E-state index >= 15 is 0 Å². The van der Waals surface area contributed by atoms with Gasteiger partial charge in [0.05, 0.1) is 6.10 Å². The number of aliphatic hydroxyl groups excluding tert-OH is 1. The molecule has 1 aliphatic rings. The third-order valence-electron chi connectivity index (χ3n) is 1.64. The van der Waals surface area contributed by atoms with Crippen molar-refractivity contribution in [3.05, 3.63) is 0 Å². The van der Waals surface area contributed by atoms with Gasteiger partial charge in [-0.3, -0.25) is 5.32 Å². The van der Waals surface area contributed by atoms with Crippen LogP contribution in [0, 0.1) is 5.92 Å². The van der Waals surface area contributed by atoms with Crippen LogP contribution in [0.1, 0.15) is 13.3 Å². The lowest BCUT2D eigenvalue weighted by atomic mass is 10.00. The minimum absolute atomic E-state index is 0.235. The number of aliphatic hydroxyl groups is 1. The van der Waals surface area contributed by atoms with Crippen molar-refractivity contribution in [1.82, 2.24) is 5.32 Å². The summed E-state index contributed by atoms with van der Waals surface area (Å²) in [5.74, 6) is 0.551. The first-order chi connectivity index (χ1) is 4.20. The Balaban J connectivity index is 2.35. The quantitative estimate of drug-likeness (QED) is 0.389. The molecule has 3 unspecified atom stereocenters. The van der Waals surface area contributed by atoms with E-state index in [1.54, 1.807) is 0 Å². The molecule has 0 aromatic heterocycles. The number of hydrogen-bond acceptors (Lipinski definition) is 2. The molecule has 1 fully saturated rings. The summed E-state index contributed by atoms with van der Waals surface area (Å²) >= 11 is 5.67. The molecule has 2 N–H and O–H groups in total. The summed E-state index contributed by atoms with van der Waals surface area (Å²) < 4.78 is 0. The van der Waals surface area contributed by atoms with Crippen LogP contribution < -0.4 is 5.32 Å². The first kappa shape index (κ1) is 7.32. The zero-order valence-electron chi connectivity index (χ0n) is 5.47. The maximum Gasteiger partial charge on any atom is 0.109 e. The first-order valence-electron chi connectivity index (χ1n) is 3.25. The van der Waals surface area contributed by atoms with Crippen LogP contribution in [-0.4, -0.2) is 23.3 Å². The zero-order valence-corrected chi connectivity index (χ0v) is 6.23. The van der Waals surface area contributed by atoms with Gasteiger partial charge in [0.1, 0.15) is 5.50 Å². The van der Waals surface area contributed by atoms with E-state index in [9.17, 15) is 0 Å². The van der Waals surface area contributed by atoms with Crippen molar-refractivity contribution in [3.63, 3.8) is 0 Å². The van der Waals surface area contributed by atoms with Crippen molar-refractivity contribution in [2.75, 3.05) is 6.54 Å². The van der Waals surface area contributed by atoms with Gasteiger partial charge in [-0.15, -0.1) is 11.6 Å². The summed E-state index contributed by atoms with van der Waals surface area (Å²) in [6.45, 7) is 3.02. The second kappa shape index (κ2) is 2.86. The number of piperidine rings is 1. The Kier molecular flexibility index (Phi) is 2.33. The van der Waals surface area contributed by atoms with Crippen LogP contribution >= 0.6 is 11.6 Å². The van der Waals surface area contributed by atoms with E-state index in [0.29, 0.717) is 5.92 Å². The van der Waals surface area contributed by atoms with Crippen molar-refractivity contribution in [1.29, 1.82) is 0 Å². The first-order valence-corrected chi connectivity index (χ1v) is 3.69. The highest BCUT2D eigenvalue weighted by molar-refractivity contribution is 6.20. The molecule has 1 saturated heterocycles. The Labute approximate surface area is 60.2 Å². The average molecular weight is 150 g/mol. The van der Waals surface area contributed by atoms with Gasteiger partial charge < -0.3 is 5.11 Å². The molecule has 9 heavy (non-hydrogen) atoms. The standard InChI is InChI=1S/C6H12ClNO/c1-4-2-5(9)6(7)8-3-4/h4-6,8-9H,2-3H2,1H3. The Bertz CT molecular complexity index is 99.1. The minimum Gasteiger partial charge on any atom is -0.390 e. The maximum absolute atomic E-state index is 9.15. The van der Waals surface area contributed by atoms with Crippen molar-refractivity contribution in [2.45, 2.75) is 24.9 Å². The van der Waals surface area contributed by atoms with E-state index in [4.69, 9.17) is 16.7 Å². The molecule has 0 radical (unpaired) electrons. The molecule has 1 aliphatic heterocycles. The Morgan fingerprint density at radius 2 is 2.33 bits per heavy atom. The lowest BCUT2D eigenvalue weighted by molar-refractivity contribution is 0.104. The van der Waals surface area contributed by atoms with Crippen LogP contribution in [0.15, 0.2) is 0 Å². The second-order valence-electron chi connectivity index (χ2n) is 2.72. The largest absolute Gasteiger partial charge is 0.390 e. The normalized spacial score (nSPS) is 45.0. The number of hydrogen-bond donors (Lipinski definition) is 2. The lowest BCUT2D eigenvalue weighted by Gasteiger charge is -2.28. The third-order valence-corrected chi connectivity index (χ3v) is 2.09. The predicted molar refractivity (Wildman–Crippen MR) is 37.4 cm³/mol. The van der Waals surface area contributed by atoms with Gasteiger partial charge in [0.25, 0.3) is 0 Å². The summed E-state index contributed by atoms with van der Waals surface area (Å²) in [5, 5.41) is 12.2. The molecule has 3 atom stereocenters. The Morgan fingerprint density at radius 1 is 1.67 bits per heavy atom. The van der Waals surface area contributed by atoms with E-state index in [1.807, 2.05) is 0 Å². The highest BCUT2D eigenvalue weighted by Gasteiger charge is 2.23. The highest BCUT2D eigenvalue weighted by Crippen LogP contribution is 2.15. The number of rotatable bonds is 0. The molecule has 0 saturated carbocycles. The van der Waals surface area contributed by atoms with E-state index < -0.39 is 0 Å². The smallest absolute Gasteiger partial charge is 0.109 e. The van der Waals surface area contributed by atoms with E-state index in [2.05, 4.69) is 12.2 Å². The Morgan fingerprint density at radius 3 is 2.78 bits per heavy atom. The van der Waals surface area contributed by atoms with Crippen molar-refractivity contribution >= 4 is 11.6 Å². The van der Waals surface area contributed by atoms with Gasteiger partial charge in [-0.25, -0.2) is 0 Å². The second-order valence-corrected chi connectivity index (χ2v) is 3.19. The lowest BCUT2D eigenvalue weighted by Crippen LogP contribution is -2.44. The number of halogens is 1. The van der Waals surface area contributed by atoms with Gasteiger partial charge in [0, 0.05) is 0 Å². The third kappa shape index (κ3) is 1.81. The Hall–Kier alpha value is 0.210. The number of alkyl halides is 1. The van der Waals surface area contributed by atoms with Gasteiger partial charge in [-0.1, -0.05) is 6.92 Å². The predicted octanol–water partition coefficient (Wildman–Crippen LogP) is 0.542. The molecular weight excluding hydrogens is 138 g/mol. The molecule has 0 amide bonds. The van der Waals surface area contributed by atoms with Gasteiger partial charge in [0.15, 0.2) is 0 Å². The van der Waals surface area contributed by atoms with Crippen LogP contribution in [0.25, 0.3) is 0 Å².